The number of amides is 1. The Bertz CT molecular complexity index is 842. The van der Waals surface area contributed by atoms with Gasteiger partial charge in [0.25, 0.3) is 5.91 Å². The van der Waals surface area contributed by atoms with Crippen molar-refractivity contribution in [2.45, 2.75) is 13.5 Å². The summed E-state index contributed by atoms with van der Waals surface area (Å²) in [7, 11) is 1.86. The standard InChI is InChI=1S/C13H13N5OS/c1-3-18-11-5-4-9(8-10(11)15-16-18)12(19)14-13-17(2)6-7-20-13/h4-8H,3H2,1-2H3. The maximum absolute atomic E-state index is 12.2. The zero-order valence-corrected chi connectivity index (χ0v) is 12.0. The number of carbonyl (C=O) groups excluding carboxylic acids is 1. The Labute approximate surface area is 119 Å². The fraction of sp³-hybridized carbons (Fsp3) is 0.231. The molecule has 0 saturated carbocycles. The topological polar surface area (TPSA) is 65.1 Å². The Balaban J connectivity index is 2.03. The summed E-state index contributed by atoms with van der Waals surface area (Å²) in [6.45, 7) is 2.75. The first-order chi connectivity index (χ1) is 9.69. The van der Waals surface area contributed by atoms with Crippen LogP contribution in [0.2, 0.25) is 0 Å². The van der Waals surface area contributed by atoms with Gasteiger partial charge in [-0.2, -0.15) is 4.99 Å². The van der Waals surface area contributed by atoms with Crippen LogP contribution >= 0.6 is 11.3 Å². The molecule has 6 nitrogen and oxygen atoms in total. The molecule has 0 atom stereocenters. The van der Waals surface area contributed by atoms with Gasteiger partial charge in [0.2, 0.25) is 0 Å². The first-order valence-electron chi connectivity index (χ1n) is 6.21. The van der Waals surface area contributed by atoms with Crippen LogP contribution < -0.4 is 4.80 Å². The number of rotatable bonds is 2. The largest absolute Gasteiger partial charge is 0.327 e. The van der Waals surface area contributed by atoms with Crippen LogP contribution in [0.4, 0.5) is 0 Å². The Morgan fingerprint density at radius 1 is 1.45 bits per heavy atom. The van der Waals surface area contributed by atoms with Gasteiger partial charge in [-0.3, -0.25) is 4.79 Å². The van der Waals surface area contributed by atoms with Gasteiger partial charge in [-0.25, -0.2) is 4.68 Å². The summed E-state index contributed by atoms with van der Waals surface area (Å²) in [5, 5.41) is 9.98. The van der Waals surface area contributed by atoms with Gasteiger partial charge in [-0.05, 0) is 25.1 Å². The van der Waals surface area contributed by atoms with Gasteiger partial charge < -0.3 is 4.57 Å². The zero-order valence-electron chi connectivity index (χ0n) is 11.1. The second kappa shape index (κ2) is 5.01. The Morgan fingerprint density at radius 2 is 2.30 bits per heavy atom. The Hall–Kier alpha value is -2.28. The highest BCUT2D eigenvalue weighted by atomic mass is 32.1. The van der Waals surface area contributed by atoms with Gasteiger partial charge in [0, 0.05) is 30.7 Å². The summed E-state index contributed by atoms with van der Waals surface area (Å²) < 4.78 is 3.61. The molecule has 1 aromatic carbocycles. The summed E-state index contributed by atoms with van der Waals surface area (Å²) >= 11 is 1.43. The van der Waals surface area contributed by atoms with Crippen molar-refractivity contribution >= 4 is 28.3 Å². The summed E-state index contributed by atoms with van der Waals surface area (Å²) in [5.41, 5.74) is 2.16. The number of carbonyl (C=O) groups is 1. The second-order valence-corrected chi connectivity index (χ2v) is 5.20. The average molecular weight is 287 g/mol. The molecule has 0 aliphatic rings. The van der Waals surface area contributed by atoms with Crippen LogP contribution in [0, 0.1) is 0 Å². The second-order valence-electron chi connectivity index (χ2n) is 4.32. The number of hydrogen-bond acceptors (Lipinski definition) is 4. The number of nitrogens with zero attached hydrogens (tertiary/aromatic N) is 5. The SMILES string of the molecule is CCn1nnc2cc(C(=O)N=c3sccn3C)ccc21. The lowest BCUT2D eigenvalue weighted by atomic mass is 10.2. The van der Waals surface area contributed by atoms with E-state index in [1.807, 2.05) is 36.2 Å². The van der Waals surface area contributed by atoms with Crippen molar-refractivity contribution in [2.75, 3.05) is 0 Å². The molecule has 0 saturated heterocycles. The van der Waals surface area contributed by atoms with Crippen molar-refractivity contribution in [2.24, 2.45) is 12.0 Å². The molecule has 102 valence electrons. The monoisotopic (exact) mass is 287 g/mol. The van der Waals surface area contributed by atoms with Crippen molar-refractivity contribution < 1.29 is 4.79 Å². The Morgan fingerprint density at radius 3 is 3.00 bits per heavy atom. The van der Waals surface area contributed by atoms with E-state index in [-0.39, 0.29) is 5.91 Å². The molecule has 0 aliphatic carbocycles. The predicted octanol–water partition coefficient (Wildman–Crippen LogP) is 1.59. The number of fused-ring (bicyclic) bond motifs is 1. The maximum atomic E-state index is 12.2. The molecule has 3 aromatic rings. The molecule has 2 heterocycles. The number of benzene rings is 1. The minimum Gasteiger partial charge on any atom is -0.327 e. The third kappa shape index (κ3) is 2.16. The van der Waals surface area contributed by atoms with Gasteiger partial charge in [-0.15, -0.1) is 16.4 Å². The zero-order chi connectivity index (χ0) is 14.1. The van der Waals surface area contributed by atoms with Gasteiger partial charge in [0.05, 0.1) is 5.52 Å². The van der Waals surface area contributed by atoms with Gasteiger partial charge in [-0.1, -0.05) is 5.21 Å². The van der Waals surface area contributed by atoms with Crippen LogP contribution in [0.3, 0.4) is 0 Å². The van der Waals surface area contributed by atoms with E-state index in [9.17, 15) is 4.79 Å². The van der Waals surface area contributed by atoms with Crippen LogP contribution in [-0.4, -0.2) is 25.5 Å². The lowest BCUT2D eigenvalue weighted by Gasteiger charge is -1.98. The molecule has 0 unspecified atom stereocenters. The van der Waals surface area contributed by atoms with Crippen LogP contribution in [0.15, 0.2) is 34.8 Å². The number of thiazole rings is 1. The number of aryl methyl sites for hydroxylation is 2. The molecular weight excluding hydrogens is 274 g/mol. The van der Waals surface area contributed by atoms with Gasteiger partial charge in [0.15, 0.2) is 4.80 Å². The highest BCUT2D eigenvalue weighted by molar-refractivity contribution is 7.07. The molecule has 0 aliphatic heterocycles. The predicted molar refractivity (Wildman–Crippen MR) is 76.4 cm³/mol. The molecular formula is C13H13N5OS. The molecule has 7 heteroatoms. The number of hydrogen-bond donors (Lipinski definition) is 0. The summed E-state index contributed by atoms with van der Waals surface area (Å²) in [4.78, 5) is 16.9. The van der Waals surface area contributed by atoms with Crippen LogP contribution in [0.5, 0.6) is 0 Å². The minimum absolute atomic E-state index is 0.268. The lowest BCUT2D eigenvalue weighted by Crippen LogP contribution is -2.12. The molecule has 3 rings (SSSR count). The summed E-state index contributed by atoms with van der Waals surface area (Å²) in [5.74, 6) is -0.268. The van der Waals surface area contributed by atoms with E-state index < -0.39 is 0 Å². The number of aromatic nitrogens is 4. The molecule has 1 amide bonds. The van der Waals surface area contributed by atoms with E-state index in [1.54, 1.807) is 16.8 Å². The van der Waals surface area contributed by atoms with Crippen molar-refractivity contribution in [3.8, 4) is 0 Å². The van der Waals surface area contributed by atoms with Crippen LogP contribution in [0.1, 0.15) is 17.3 Å². The molecule has 0 bridgehead atoms. The van der Waals surface area contributed by atoms with E-state index in [2.05, 4.69) is 15.3 Å². The van der Waals surface area contributed by atoms with Crippen molar-refractivity contribution in [3.63, 3.8) is 0 Å². The third-order valence-electron chi connectivity index (χ3n) is 3.02. The molecule has 0 fully saturated rings. The Kier molecular flexibility index (Phi) is 3.19. The molecule has 0 N–H and O–H groups in total. The molecule has 20 heavy (non-hydrogen) atoms. The molecule has 0 radical (unpaired) electrons. The smallest absolute Gasteiger partial charge is 0.279 e. The van der Waals surface area contributed by atoms with Gasteiger partial charge in [0.1, 0.15) is 5.52 Å². The van der Waals surface area contributed by atoms with Gasteiger partial charge >= 0.3 is 0 Å². The minimum atomic E-state index is -0.268. The van der Waals surface area contributed by atoms with E-state index >= 15 is 0 Å². The van der Waals surface area contributed by atoms with Crippen LogP contribution in [0.25, 0.3) is 11.0 Å². The molecule has 2 aromatic heterocycles. The quantitative estimate of drug-likeness (QED) is 0.719. The van der Waals surface area contributed by atoms with E-state index in [0.29, 0.717) is 15.9 Å². The third-order valence-corrected chi connectivity index (χ3v) is 3.87. The highest BCUT2D eigenvalue weighted by Gasteiger charge is 2.09. The fourth-order valence-corrected chi connectivity index (χ4v) is 2.65. The van der Waals surface area contributed by atoms with E-state index in [0.717, 1.165) is 12.1 Å². The van der Waals surface area contributed by atoms with Crippen molar-refractivity contribution in [1.29, 1.82) is 0 Å². The van der Waals surface area contributed by atoms with E-state index in [1.165, 1.54) is 11.3 Å². The van der Waals surface area contributed by atoms with Crippen LogP contribution in [-0.2, 0) is 13.6 Å². The van der Waals surface area contributed by atoms with E-state index in [4.69, 9.17) is 0 Å². The molecule has 0 spiro atoms. The highest BCUT2D eigenvalue weighted by Crippen LogP contribution is 2.14. The average Bonchev–Trinajstić information content (AvgIpc) is 3.04. The van der Waals surface area contributed by atoms with Crippen molar-refractivity contribution in [1.82, 2.24) is 19.6 Å². The maximum Gasteiger partial charge on any atom is 0.279 e. The summed E-state index contributed by atoms with van der Waals surface area (Å²) in [6.07, 6.45) is 1.87. The first-order valence-corrected chi connectivity index (χ1v) is 7.09. The fourth-order valence-electron chi connectivity index (χ4n) is 1.92. The summed E-state index contributed by atoms with van der Waals surface area (Å²) in [6, 6.07) is 5.35. The van der Waals surface area contributed by atoms with Crippen molar-refractivity contribution in [3.05, 3.63) is 40.1 Å². The first kappa shape index (κ1) is 12.7. The lowest BCUT2D eigenvalue weighted by molar-refractivity contribution is 0.0998. The normalized spacial score (nSPS) is 12.2.